The van der Waals surface area contributed by atoms with E-state index in [-0.39, 0.29) is 6.42 Å². The quantitative estimate of drug-likeness (QED) is 0.0919. The summed E-state index contributed by atoms with van der Waals surface area (Å²) in [6.45, 7) is 8.59. The van der Waals surface area contributed by atoms with Gasteiger partial charge in [0.1, 0.15) is 17.8 Å². The number of hydrogen-bond acceptors (Lipinski definition) is 9. The van der Waals surface area contributed by atoms with E-state index in [2.05, 4.69) is 27.1 Å². The average Bonchev–Trinajstić information content (AvgIpc) is 3.46. The molecule has 0 aliphatic carbocycles. The molecule has 0 fully saturated rings. The second-order valence-electron chi connectivity index (χ2n) is 11.9. The van der Waals surface area contributed by atoms with Crippen molar-refractivity contribution >= 4 is 11.8 Å². The largest absolute Gasteiger partial charge is 0.473 e. The Morgan fingerprint density at radius 2 is 1.75 bits per heavy atom. The highest BCUT2D eigenvalue weighted by molar-refractivity contribution is 5.89. The summed E-state index contributed by atoms with van der Waals surface area (Å²) in [4.78, 5) is 16.5. The Labute approximate surface area is 273 Å². The molecule has 3 rings (SSSR count). The Balaban J connectivity index is 2.16. The molecule has 0 aliphatic rings. The fourth-order valence-electron chi connectivity index (χ4n) is 4.46. The van der Waals surface area contributed by atoms with E-state index in [0.29, 0.717) is 30.9 Å². The molecule has 10 nitrogen and oxygen atoms in total. The number of carbonyl (C=O) groups is 1. The fourth-order valence-corrected chi connectivity index (χ4v) is 4.46. The molecule has 3 aromatic rings. The number of aliphatic hydroxyl groups is 1. The molecule has 48 heavy (non-hydrogen) atoms. The number of nitrogens with zero attached hydrogens (tertiary/aromatic N) is 3. The monoisotopic (exact) mass is 688 g/mol. The zero-order valence-electron chi connectivity index (χ0n) is 26.9. The lowest BCUT2D eigenvalue weighted by molar-refractivity contribution is -0.300. The van der Waals surface area contributed by atoms with Gasteiger partial charge in [0.15, 0.2) is 5.69 Å². The minimum Gasteiger partial charge on any atom is -0.473 e. The summed E-state index contributed by atoms with van der Waals surface area (Å²) in [7, 11) is 0. The van der Waals surface area contributed by atoms with Crippen LogP contribution in [0.25, 0.3) is 11.6 Å². The second kappa shape index (κ2) is 15.8. The van der Waals surface area contributed by atoms with Gasteiger partial charge in [-0.3, -0.25) is 5.32 Å². The number of unbranched alkanes of at least 4 members (excludes halogenated alkanes) is 2. The minimum atomic E-state index is -5.11. The van der Waals surface area contributed by atoms with Crippen LogP contribution < -0.4 is 10.1 Å². The lowest BCUT2D eigenvalue weighted by Gasteiger charge is -2.32. The van der Waals surface area contributed by atoms with E-state index in [1.54, 1.807) is 37.3 Å². The average molecular weight is 689 g/mol. The number of halogens is 6. The van der Waals surface area contributed by atoms with Gasteiger partial charge >= 0.3 is 18.4 Å². The molecule has 2 N–H and O–H groups in total. The first kappa shape index (κ1) is 38.3. The number of aromatic nitrogens is 3. The smallest absolute Gasteiger partial charge is 0.426 e. The third kappa shape index (κ3) is 10.4. The van der Waals surface area contributed by atoms with Crippen LogP contribution in [0.3, 0.4) is 0 Å². The molecule has 0 saturated heterocycles. The van der Waals surface area contributed by atoms with Crippen molar-refractivity contribution in [2.75, 3.05) is 11.9 Å². The number of ether oxygens (including phenoxy) is 3. The maximum atomic E-state index is 15.1. The molecular weight excluding hydrogens is 650 g/mol. The number of nitrogens with one attached hydrogen (secondary N) is 1. The molecule has 16 heteroatoms. The van der Waals surface area contributed by atoms with E-state index in [9.17, 15) is 23.1 Å². The van der Waals surface area contributed by atoms with E-state index >= 15 is 13.2 Å². The van der Waals surface area contributed by atoms with Crippen LogP contribution >= 0.6 is 0 Å². The first-order valence-electron chi connectivity index (χ1n) is 15.0. The van der Waals surface area contributed by atoms with Crippen LogP contribution in [0.15, 0.2) is 53.5 Å². The Bertz CT molecular complexity index is 1510. The predicted molar refractivity (Wildman–Crippen MR) is 162 cm³/mol. The first-order valence-corrected chi connectivity index (χ1v) is 15.0. The Morgan fingerprint density at radius 3 is 2.33 bits per heavy atom. The van der Waals surface area contributed by atoms with Crippen LogP contribution in [0.1, 0.15) is 76.8 Å². The zero-order chi connectivity index (χ0) is 35.8. The number of carbonyl (C=O) groups excluding carboxylic acids is 1. The van der Waals surface area contributed by atoms with Crippen molar-refractivity contribution in [1.82, 2.24) is 15.2 Å². The zero-order valence-corrected chi connectivity index (χ0v) is 26.9. The van der Waals surface area contributed by atoms with Gasteiger partial charge in [0.25, 0.3) is 11.8 Å². The standard InChI is InChI=1S/C32H38F6N4O6/c1-6-17-45-25-22(31(33,34)35)18-23(39-28(44)48-29(3,4)5)24(40-25)26-41-42-27(47-26)30(32(36,37)38,16-12-8-9-13-20(2)43)46-19-21-14-10-7-11-15-21/h6-7,10-11,14-15,18,20,43H,1,8-9,12-13,16-17,19H2,2-5H3,(H,39,44)/t20-,30+/m0/s1. The normalized spacial score (nSPS) is 14.2. The summed E-state index contributed by atoms with van der Waals surface area (Å²) >= 11 is 0. The van der Waals surface area contributed by atoms with Crippen LogP contribution in [-0.2, 0) is 27.9 Å². The first-order chi connectivity index (χ1) is 22.4. The molecule has 0 bridgehead atoms. The van der Waals surface area contributed by atoms with Gasteiger partial charge in [0, 0.05) is 0 Å². The minimum absolute atomic E-state index is 0.0255. The number of alkyl halides is 6. The van der Waals surface area contributed by atoms with Crippen molar-refractivity contribution in [1.29, 1.82) is 0 Å². The Kier molecular flexibility index (Phi) is 12.6. The molecule has 2 heterocycles. The van der Waals surface area contributed by atoms with Gasteiger partial charge in [-0.15, -0.1) is 10.2 Å². The summed E-state index contributed by atoms with van der Waals surface area (Å²) in [6.07, 6.45) is -10.4. The molecule has 1 aromatic carbocycles. The highest BCUT2D eigenvalue weighted by Gasteiger charge is 2.61. The number of hydrogen-bond donors (Lipinski definition) is 2. The van der Waals surface area contributed by atoms with Gasteiger partial charge in [-0.1, -0.05) is 55.8 Å². The third-order valence-corrected chi connectivity index (χ3v) is 6.68. The summed E-state index contributed by atoms with van der Waals surface area (Å²) in [5.41, 5.74) is -6.48. The van der Waals surface area contributed by atoms with Gasteiger partial charge in [0.05, 0.1) is 18.4 Å². The molecule has 1 amide bonds. The molecule has 0 unspecified atom stereocenters. The van der Waals surface area contributed by atoms with E-state index < -0.39 is 90.0 Å². The molecular formula is C32H38F6N4O6. The molecule has 0 spiro atoms. The maximum Gasteiger partial charge on any atom is 0.426 e. The van der Waals surface area contributed by atoms with Crippen LogP contribution in [-0.4, -0.2) is 50.9 Å². The second-order valence-corrected chi connectivity index (χ2v) is 11.9. The van der Waals surface area contributed by atoms with E-state index in [4.69, 9.17) is 18.6 Å². The number of pyridine rings is 1. The van der Waals surface area contributed by atoms with Crippen molar-refractivity contribution in [3.05, 3.63) is 66.1 Å². The van der Waals surface area contributed by atoms with Crippen molar-refractivity contribution < 1.29 is 54.9 Å². The SMILES string of the molecule is C=CCOc1nc(-c2nnc([C@@](CCCCC[C@H](C)O)(OCc3ccccc3)C(F)(F)F)o2)c(NC(=O)OC(C)(C)C)cc1C(F)(F)F. The highest BCUT2D eigenvalue weighted by atomic mass is 19.4. The number of anilines is 1. The van der Waals surface area contributed by atoms with E-state index in [1.807, 2.05) is 0 Å². The number of benzene rings is 1. The summed E-state index contributed by atoms with van der Waals surface area (Å²) in [5, 5.41) is 19.0. The Hall–Kier alpha value is -4.18. The molecule has 2 aromatic heterocycles. The van der Waals surface area contributed by atoms with Gasteiger partial charge in [0.2, 0.25) is 11.5 Å². The fraction of sp³-hybridized carbons (Fsp3) is 0.500. The van der Waals surface area contributed by atoms with Gasteiger partial charge in [-0.25, -0.2) is 9.78 Å². The van der Waals surface area contributed by atoms with Crippen molar-refractivity contribution in [3.8, 4) is 17.5 Å². The van der Waals surface area contributed by atoms with Gasteiger partial charge < -0.3 is 23.7 Å². The van der Waals surface area contributed by atoms with Crippen LogP contribution in [0, 0.1) is 0 Å². The highest BCUT2D eigenvalue weighted by Crippen LogP contribution is 2.47. The molecule has 264 valence electrons. The lowest BCUT2D eigenvalue weighted by Crippen LogP contribution is -2.45. The summed E-state index contributed by atoms with van der Waals surface area (Å²) < 4.78 is 109. The summed E-state index contributed by atoms with van der Waals surface area (Å²) in [5.74, 6) is -2.78. The van der Waals surface area contributed by atoms with Crippen LogP contribution in [0.2, 0.25) is 0 Å². The summed E-state index contributed by atoms with van der Waals surface area (Å²) in [6, 6.07) is 8.52. The molecule has 0 aliphatic heterocycles. The molecule has 2 atom stereocenters. The number of rotatable bonds is 15. The molecule has 0 radical (unpaired) electrons. The van der Waals surface area contributed by atoms with Crippen molar-refractivity contribution in [2.24, 2.45) is 0 Å². The van der Waals surface area contributed by atoms with E-state index in [0.717, 1.165) is 6.08 Å². The van der Waals surface area contributed by atoms with E-state index in [1.165, 1.54) is 20.8 Å². The maximum absolute atomic E-state index is 15.1. The van der Waals surface area contributed by atoms with Crippen LogP contribution in [0.5, 0.6) is 5.88 Å². The Morgan fingerprint density at radius 1 is 1.06 bits per heavy atom. The van der Waals surface area contributed by atoms with Gasteiger partial charge in [-0.05, 0) is 58.6 Å². The topological polar surface area (TPSA) is 129 Å². The predicted octanol–water partition coefficient (Wildman–Crippen LogP) is 8.37. The number of amides is 1. The van der Waals surface area contributed by atoms with Crippen LogP contribution in [0.4, 0.5) is 36.8 Å². The third-order valence-electron chi connectivity index (χ3n) is 6.68. The van der Waals surface area contributed by atoms with Gasteiger partial charge in [-0.2, -0.15) is 26.3 Å². The van der Waals surface area contributed by atoms with Crippen molar-refractivity contribution in [3.63, 3.8) is 0 Å². The lowest BCUT2D eigenvalue weighted by atomic mass is 9.94. The molecule has 0 saturated carbocycles. The van der Waals surface area contributed by atoms with Crippen molar-refractivity contribution in [2.45, 2.75) is 96.1 Å². The number of aliphatic hydroxyl groups excluding tert-OH is 1.